The van der Waals surface area contributed by atoms with Crippen LogP contribution in [-0.2, 0) is 4.79 Å². The summed E-state index contributed by atoms with van der Waals surface area (Å²) in [6.45, 7) is 0. The number of nitrogens with one attached hydrogen (secondary N) is 1. The Morgan fingerprint density at radius 3 is 2.40 bits per heavy atom. The van der Waals surface area contributed by atoms with Crippen LogP contribution in [0.5, 0.6) is 0 Å². The first kappa shape index (κ1) is 13.9. The van der Waals surface area contributed by atoms with Gasteiger partial charge in [0.1, 0.15) is 11.6 Å². The second-order valence-corrected chi connectivity index (χ2v) is 4.42. The Hall–Kier alpha value is -2.57. The van der Waals surface area contributed by atoms with Crippen molar-refractivity contribution < 1.29 is 4.79 Å². The van der Waals surface area contributed by atoms with Crippen LogP contribution < -0.4 is 5.32 Å². The molecule has 3 nitrogen and oxygen atoms in total. The normalized spacial score (nSPS) is 10.7. The third-order valence-corrected chi connectivity index (χ3v) is 2.95. The number of rotatable bonds is 3. The Labute approximate surface area is 122 Å². The number of hydrogen-bond acceptors (Lipinski definition) is 2. The van der Waals surface area contributed by atoms with E-state index in [1.807, 2.05) is 12.1 Å². The molecule has 1 N–H and O–H groups in total. The zero-order valence-electron chi connectivity index (χ0n) is 10.5. The fraction of sp³-hybridized carbons (Fsp3) is 0. The number of para-hydroxylation sites is 1. The highest BCUT2D eigenvalue weighted by molar-refractivity contribution is 6.32. The van der Waals surface area contributed by atoms with E-state index < -0.39 is 5.91 Å². The smallest absolute Gasteiger partial charge is 0.266 e. The minimum absolute atomic E-state index is 0.00181. The number of carbonyl (C=O) groups is 1. The molecule has 98 valence electrons. The Kier molecular flexibility index (Phi) is 4.54. The summed E-state index contributed by atoms with van der Waals surface area (Å²) in [5.41, 5.74) is 1.27. The minimum Gasteiger partial charge on any atom is -0.321 e. The van der Waals surface area contributed by atoms with E-state index in [4.69, 9.17) is 16.9 Å². The average molecular weight is 283 g/mol. The van der Waals surface area contributed by atoms with Gasteiger partial charge in [-0.05, 0) is 29.8 Å². The molecule has 2 aromatic rings. The molecule has 0 radical (unpaired) electrons. The van der Waals surface area contributed by atoms with Crippen molar-refractivity contribution in [1.29, 1.82) is 5.26 Å². The maximum absolute atomic E-state index is 12.0. The van der Waals surface area contributed by atoms with Crippen molar-refractivity contribution in [3.8, 4) is 6.07 Å². The van der Waals surface area contributed by atoms with Crippen LogP contribution in [-0.4, -0.2) is 5.91 Å². The molecule has 0 bridgehead atoms. The first-order valence-electron chi connectivity index (χ1n) is 5.93. The van der Waals surface area contributed by atoms with Crippen LogP contribution in [0, 0.1) is 11.3 Å². The van der Waals surface area contributed by atoms with Crippen molar-refractivity contribution in [2.75, 3.05) is 5.32 Å². The maximum Gasteiger partial charge on any atom is 0.266 e. The van der Waals surface area contributed by atoms with Gasteiger partial charge in [-0.3, -0.25) is 4.79 Å². The molecule has 4 heteroatoms. The zero-order chi connectivity index (χ0) is 14.4. The van der Waals surface area contributed by atoms with E-state index in [-0.39, 0.29) is 5.57 Å². The van der Waals surface area contributed by atoms with Gasteiger partial charge in [0.25, 0.3) is 5.91 Å². The predicted molar refractivity (Wildman–Crippen MR) is 80.1 cm³/mol. The Morgan fingerprint density at radius 1 is 1.10 bits per heavy atom. The van der Waals surface area contributed by atoms with E-state index in [1.54, 1.807) is 48.5 Å². The molecule has 0 heterocycles. The molecule has 0 saturated heterocycles. The fourth-order valence-electron chi connectivity index (χ4n) is 1.62. The van der Waals surface area contributed by atoms with Crippen molar-refractivity contribution >= 4 is 29.3 Å². The molecule has 0 atom stereocenters. The van der Waals surface area contributed by atoms with Gasteiger partial charge < -0.3 is 5.32 Å². The highest BCUT2D eigenvalue weighted by Gasteiger charge is 2.10. The molecule has 0 fully saturated rings. The van der Waals surface area contributed by atoms with Gasteiger partial charge in [-0.2, -0.15) is 5.26 Å². The molecule has 2 rings (SSSR count). The number of amides is 1. The number of nitrogens with zero attached hydrogens (tertiary/aromatic N) is 1. The van der Waals surface area contributed by atoms with E-state index in [1.165, 1.54) is 6.08 Å². The first-order chi connectivity index (χ1) is 9.70. The second-order valence-electron chi connectivity index (χ2n) is 4.01. The molecular weight excluding hydrogens is 272 g/mol. The summed E-state index contributed by atoms with van der Waals surface area (Å²) in [6.07, 6.45) is 1.47. The van der Waals surface area contributed by atoms with E-state index in [9.17, 15) is 4.79 Å². The summed E-state index contributed by atoms with van der Waals surface area (Å²) in [4.78, 5) is 12.0. The lowest BCUT2D eigenvalue weighted by molar-refractivity contribution is -0.112. The van der Waals surface area contributed by atoms with Gasteiger partial charge in [-0.15, -0.1) is 0 Å². The molecule has 20 heavy (non-hydrogen) atoms. The monoisotopic (exact) mass is 282 g/mol. The van der Waals surface area contributed by atoms with Gasteiger partial charge >= 0.3 is 0 Å². The van der Waals surface area contributed by atoms with Gasteiger partial charge in [0.2, 0.25) is 0 Å². The van der Waals surface area contributed by atoms with Crippen LogP contribution >= 0.6 is 11.6 Å². The number of benzene rings is 2. The SMILES string of the molecule is N#C/C(=C\c1ccccc1Cl)C(=O)Nc1ccccc1. The van der Waals surface area contributed by atoms with Crippen LogP contribution in [0.3, 0.4) is 0 Å². The molecule has 0 aliphatic carbocycles. The topological polar surface area (TPSA) is 52.9 Å². The second kappa shape index (κ2) is 6.55. The van der Waals surface area contributed by atoms with E-state index >= 15 is 0 Å². The van der Waals surface area contributed by atoms with Gasteiger partial charge in [0.15, 0.2) is 0 Å². The van der Waals surface area contributed by atoms with Crippen LogP contribution in [0.15, 0.2) is 60.2 Å². The van der Waals surface area contributed by atoms with E-state index in [2.05, 4.69) is 5.32 Å². The van der Waals surface area contributed by atoms with Crippen LogP contribution in [0.1, 0.15) is 5.56 Å². The van der Waals surface area contributed by atoms with Crippen molar-refractivity contribution in [2.45, 2.75) is 0 Å². The summed E-state index contributed by atoms with van der Waals surface area (Å²) in [5, 5.41) is 12.3. The lowest BCUT2D eigenvalue weighted by Crippen LogP contribution is -2.13. The van der Waals surface area contributed by atoms with Crippen LogP contribution in [0.4, 0.5) is 5.69 Å². The van der Waals surface area contributed by atoms with Crippen LogP contribution in [0.25, 0.3) is 6.08 Å². The van der Waals surface area contributed by atoms with Gasteiger partial charge in [-0.1, -0.05) is 48.0 Å². The van der Waals surface area contributed by atoms with Crippen molar-refractivity contribution in [3.63, 3.8) is 0 Å². The fourth-order valence-corrected chi connectivity index (χ4v) is 1.81. The molecule has 0 spiro atoms. The molecule has 0 aliphatic rings. The quantitative estimate of drug-likeness (QED) is 0.686. The lowest BCUT2D eigenvalue weighted by atomic mass is 10.1. The molecule has 0 saturated carbocycles. The number of hydrogen-bond donors (Lipinski definition) is 1. The molecule has 0 aromatic heterocycles. The number of nitriles is 1. The van der Waals surface area contributed by atoms with Crippen molar-refractivity contribution in [3.05, 3.63) is 70.8 Å². The highest BCUT2D eigenvalue weighted by atomic mass is 35.5. The zero-order valence-corrected chi connectivity index (χ0v) is 11.3. The standard InChI is InChI=1S/C16H11ClN2O/c17-15-9-5-4-6-12(15)10-13(11-18)16(20)19-14-7-2-1-3-8-14/h1-10H,(H,19,20)/b13-10+. The maximum atomic E-state index is 12.0. The first-order valence-corrected chi connectivity index (χ1v) is 6.31. The van der Waals surface area contributed by atoms with Gasteiger partial charge in [0.05, 0.1) is 0 Å². The third kappa shape index (κ3) is 3.47. The number of anilines is 1. The largest absolute Gasteiger partial charge is 0.321 e. The van der Waals surface area contributed by atoms with Crippen LogP contribution in [0.2, 0.25) is 5.02 Å². The lowest BCUT2D eigenvalue weighted by Gasteiger charge is -2.04. The summed E-state index contributed by atoms with van der Waals surface area (Å²) < 4.78 is 0. The van der Waals surface area contributed by atoms with Gasteiger partial charge in [-0.25, -0.2) is 0 Å². The molecule has 2 aromatic carbocycles. The average Bonchev–Trinajstić information content (AvgIpc) is 2.47. The summed E-state index contributed by atoms with van der Waals surface area (Å²) in [5.74, 6) is -0.460. The summed E-state index contributed by atoms with van der Waals surface area (Å²) >= 11 is 6.00. The number of halogens is 1. The Balaban J connectivity index is 2.23. The molecular formula is C16H11ClN2O. The molecule has 0 aliphatic heterocycles. The van der Waals surface area contributed by atoms with E-state index in [0.717, 1.165) is 0 Å². The minimum atomic E-state index is -0.460. The van der Waals surface area contributed by atoms with Crippen molar-refractivity contribution in [2.24, 2.45) is 0 Å². The Morgan fingerprint density at radius 2 is 1.75 bits per heavy atom. The third-order valence-electron chi connectivity index (χ3n) is 2.60. The summed E-state index contributed by atoms with van der Waals surface area (Å²) in [6, 6.07) is 17.9. The highest BCUT2D eigenvalue weighted by Crippen LogP contribution is 2.18. The number of carbonyl (C=O) groups excluding carboxylic acids is 1. The molecule has 1 amide bonds. The molecule has 0 unspecified atom stereocenters. The predicted octanol–water partition coefficient (Wildman–Crippen LogP) is 3.89. The van der Waals surface area contributed by atoms with Crippen molar-refractivity contribution in [1.82, 2.24) is 0 Å². The van der Waals surface area contributed by atoms with Gasteiger partial charge in [0, 0.05) is 10.7 Å². The van der Waals surface area contributed by atoms with E-state index in [0.29, 0.717) is 16.3 Å². The Bertz CT molecular complexity index is 687. The summed E-state index contributed by atoms with van der Waals surface area (Å²) in [7, 11) is 0.